The minimum Gasteiger partial charge on any atom is -0.206 e. The van der Waals surface area contributed by atoms with Crippen molar-refractivity contribution in [3.05, 3.63) is 34.6 Å². The number of hydrogen-bond acceptors (Lipinski definition) is 0. The van der Waals surface area contributed by atoms with E-state index in [0.29, 0.717) is 0 Å². The van der Waals surface area contributed by atoms with Gasteiger partial charge in [-0.3, -0.25) is 0 Å². The maximum atomic E-state index is 13.6. The molecule has 0 aromatic heterocycles. The zero-order valence-corrected chi connectivity index (χ0v) is 8.65. The van der Waals surface area contributed by atoms with Gasteiger partial charge in [0.1, 0.15) is 5.82 Å². The number of rotatable bonds is 3. The molecule has 1 aromatic rings. The Morgan fingerprint density at radius 2 is 1.92 bits per heavy atom. The minimum absolute atomic E-state index is 0.00606. The van der Waals surface area contributed by atoms with Crippen LogP contribution in [-0.2, 0) is 12.8 Å². The lowest BCUT2D eigenvalue weighted by Gasteiger charge is -2.09. The second-order valence-electron chi connectivity index (χ2n) is 3.44. The Labute approximate surface area is 79.8 Å². The highest BCUT2D eigenvalue weighted by Gasteiger charge is 2.08. The first-order valence-electron chi connectivity index (χ1n) is 4.97. The summed E-state index contributed by atoms with van der Waals surface area (Å²) in [5.74, 6) is -0.00606. The Hall–Kier alpha value is -0.850. The van der Waals surface area contributed by atoms with E-state index < -0.39 is 0 Å². The molecule has 1 aromatic carbocycles. The maximum absolute atomic E-state index is 13.6. The summed E-state index contributed by atoms with van der Waals surface area (Å²) in [6.07, 6.45) is 2.86. The van der Waals surface area contributed by atoms with E-state index in [2.05, 4.69) is 13.0 Å². The highest BCUT2D eigenvalue weighted by Crippen LogP contribution is 2.19. The van der Waals surface area contributed by atoms with E-state index in [1.807, 2.05) is 19.9 Å². The molecule has 0 heterocycles. The minimum atomic E-state index is -0.00606. The molecule has 72 valence electrons. The van der Waals surface area contributed by atoms with Gasteiger partial charge in [0.2, 0.25) is 0 Å². The third-order valence-corrected chi connectivity index (χ3v) is 2.41. The van der Waals surface area contributed by atoms with Crippen molar-refractivity contribution in [1.82, 2.24) is 0 Å². The Bertz CT molecular complexity index is 289. The molecule has 0 saturated carbocycles. The van der Waals surface area contributed by atoms with E-state index in [1.165, 1.54) is 5.56 Å². The molecule has 0 spiro atoms. The van der Waals surface area contributed by atoms with Gasteiger partial charge in [0, 0.05) is 0 Å². The van der Waals surface area contributed by atoms with Crippen LogP contribution in [0.4, 0.5) is 4.39 Å². The van der Waals surface area contributed by atoms with Gasteiger partial charge in [-0.25, -0.2) is 4.39 Å². The fourth-order valence-electron chi connectivity index (χ4n) is 1.66. The summed E-state index contributed by atoms with van der Waals surface area (Å²) >= 11 is 0. The molecule has 0 atom stereocenters. The molecule has 0 nitrogen and oxygen atoms in total. The average molecular weight is 180 g/mol. The third kappa shape index (κ3) is 2.09. The van der Waals surface area contributed by atoms with Crippen LogP contribution in [0.5, 0.6) is 0 Å². The monoisotopic (exact) mass is 180 g/mol. The van der Waals surface area contributed by atoms with Gasteiger partial charge in [-0.2, -0.15) is 0 Å². The topological polar surface area (TPSA) is 0 Å². The van der Waals surface area contributed by atoms with E-state index in [0.717, 1.165) is 30.4 Å². The van der Waals surface area contributed by atoms with Crippen molar-refractivity contribution in [1.29, 1.82) is 0 Å². The molecular formula is C12H17F. The van der Waals surface area contributed by atoms with E-state index in [9.17, 15) is 4.39 Å². The quantitative estimate of drug-likeness (QED) is 0.666. The third-order valence-electron chi connectivity index (χ3n) is 2.41. The number of halogens is 1. The van der Waals surface area contributed by atoms with Crippen LogP contribution in [0.2, 0.25) is 0 Å². The van der Waals surface area contributed by atoms with E-state index in [4.69, 9.17) is 0 Å². The van der Waals surface area contributed by atoms with Crippen molar-refractivity contribution in [3.8, 4) is 0 Å². The van der Waals surface area contributed by atoms with Crippen LogP contribution in [0.1, 0.15) is 37.0 Å². The van der Waals surface area contributed by atoms with Gasteiger partial charge in [-0.1, -0.05) is 32.4 Å². The zero-order chi connectivity index (χ0) is 9.84. The van der Waals surface area contributed by atoms with E-state index in [-0.39, 0.29) is 5.82 Å². The molecule has 1 rings (SSSR count). The summed E-state index contributed by atoms with van der Waals surface area (Å²) in [6, 6.07) is 3.93. The molecule has 0 N–H and O–H groups in total. The zero-order valence-electron chi connectivity index (χ0n) is 8.65. The molecule has 0 aliphatic carbocycles. The molecule has 1 heteroatoms. The summed E-state index contributed by atoms with van der Waals surface area (Å²) in [4.78, 5) is 0. The predicted octanol–water partition coefficient (Wildman–Crippen LogP) is 3.65. The Balaban J connectivity index is 3.13. The second-order valence-corrected chi connectivity index (χ2v) is 3.44. The lowest BCUT2D eigenvalue weighted by atomic mass is 9.98. The van der Waals surface area contributed by atoms with Crippen molar-refractivity contribution in [3.63, 3.8) is 0 Å². The molecule has 0 amide bonds. The highest BCUT2D eigenvalue weighted by molar-refractivity contribution is 5.33. The van der Waals surface area contributed by atoms with E-state index >= 15 is 0 Å². The summed E-state index contributed by atoms with van der Waals surface area (Å²) in [7, 11) is 0. The summed E-state index contributed by atoms with van der Waals surface area (Å²) in [5.41, 5.74) is 2.84. The van der Waals surface area contributed by atoms with Gasteiger partial charge in [0.05, 0.1) is 0 Å². The largest absolute Gasteiger partial charge is 0.206 e. The lowest BCUT2D eigenvalue weighted by molar-refractivity contribution is 0.598. The number of hydrogen-bond donors (Lipinski definition) is 0. The predicted molar refractivity (Wildman–Crippen MR) is 54.5 cm³/mol. The summed E-state index contributed by atoms with van der Waals surface area (Å²) in [6.45, 7) is 5.96. The molecule has 0 radical (unpaired) electrons. The van der Waals surface area contributed by atoms with Gasteiger partial charge in [0.25, 0.3) is 0 Å². The molecular weight excluding hydrogens is 163 g/mol. The van der Waals surface area contributed by atoms with Gasteiger partial charge in [0.15, 0.2) is 0 Å². The fraction of sp³-hybridized carbons (Fsp3) is 0.500. The molecule has 0 aliphatic heterocycles. The van der Waals surface area contributed by atoms with Crippen LogP contribution in [0.3, 0.4) is 0 Å². The van der Waals surface area contributed by atoms with Crippen molar-refractivity contribution in [2.45, 2.75) is 40.0 Å². The van der Waals surface area contributed by atoms with Crippen molar-refractivity contribution < 1.29 is 4.39 Å². The van der Waals surface area contributed by atoms with Crippen LogP contribution >= 0.6 is 0 Å². The Kier molecular flexibility index (Phi) is 3.47. The first kappa shape index (κ1) is 10.2. The first-order valence-corrected chi connectivity index (χ1v) is 4.97. The van der Waals surface area contributed by atoms with Crippen LogP contribution in [0.25, 0.3) is 0 Å². The van der Waals surface area contributed by atoms with Crippen molar-refractivity contribution in [2.24, 2.45) is 0 Å². The van der Waals surface area contributed by atoms with Crippen LogP contribution in [-0.4, -0.2) is 0 Å². The highest BCUT2D eigenvalue weighted by atomic mass is 19.1. The number of aryl methyl sites for hydroxylation is 2. The van der Waals surface area contributed by atoms with Gasteiger partial charge >= 0.3 is 0 Å². The Morgan fingerprint density at radius 3 is 2.46 bits per heavy atom. The SMILES string of the molecule is CCCc1ccc(C)c(F)c1CC. The second kappa shape index (κ2) is 4.40. The summed E-state index contributed by atoms with van der Waals surface area (Å²) < 4.78 is 13.6. The molecule has 0 fully saturated rings. The maximum Gasteiger partial charge on any atom is 0.129 e. The van der Waals surface area contributed by atoms with Crippen LogP contribution < -0.4 is 0 Å². The molecule has 13 heavy (non-hydrogen) atoms. The Morgan fingerprint density at radius 1 is 1.23 bits per heavy atom. The average Bonchev–Trinajstić information content (AvgIpc) is 2.12. The standard InChI is InChI=1S/C12H17F/c1-4-6-10-8-7-9(3)12(13)11(10)5-2/h7-8H,4-6H2,1-3H3. The lowest BCUT2D eigenvalue weighted by Crippen LogP contribution is -1.98. The summed E-state index contributed by atoms with van der Waals surface area (Å²) in [5, 5.41) is 0. The van der Waals surface area contributed by atoms with Gasteiger partial charge in [-0.15, -0.1) is 0 Å². The van der Waals surface area contributed by atoms with Crippen LogP contribution in [0.15, 0.2) is 12.1 Å². The van der Waals surface area contributed by atoms with Gasteiger partial charge < -0.3 is 0 Å². The van der Waals surface area contributed by atoms with E-state index in [1.54, 1.807) is 0 Å². The normalized spacial score (nSPS) is 10.5. The molecule has 0 aliphatic rings. The first-order chi connectivity index (χ1) is 6.20. The molecule has 0 saturated heterocycles. The fourth-order valence-corrected chi connectivity index (χ4v) is 1.66. The number of benzene rings is 1. The van der Waals surface area contributed by atoms with Gasteiger partial charge in [-0.05, 0) is 36.5 Å². The van der Waals surface area contributed by atoms with Crippen LogP contribution in [0, 0.1) is 12.7 Å². The van der Waals surface area contributed by atoms with Crippen molar-refractivity contribution in [2.75, 3.05) is 0 Å². The smallest absolute Gasteiger partial charge is 0.129 e. The molecule has 0 bridgehead atoms. The molecule has 0 unspecified atom stereocenters. The van der Waals surface area contributed by atoms with Crippen molar-refractivity contribution >= 4 is 0 Å².